The maximum atomic E-state index is 13.0. The number of fused-ring (bicyclic) bond motifs is 1. The predicted molar refractivity (Wildman–Crippen MR) is 115 cm³/mol. The fourth-order valence-corrected chi connectivity index (χ4v) is 3.51. The number of halogens is 3. The van der Waals surface area contributed by atoms with Gasteiger partial charge in [-0.3, -0.25) is 4.79 Å². The fourth-order valence-electron chi connectivity index (χ4n) is 3.51. The van der Waals surface area contributed by atoms with E-state index in [2.05, 4.69) is 20.6 Å². The van der Waals surface area contributed by atoms with E-state index in [1.165, 1.54) is 12.1 Å². The molecule has 6 nitrogen and oxygen atoms in total. The molecule has 1 aliphatic carbocycles. The van der Waals surface area contributed by atoms with Gasteiger partial charge in [-0.2, -0.15) is 18.2 Å². The molecule has 0 atom stereocenters. The zero-order chi connectivity index (χ0) is 22.7. The van der Waals surface area contributed by atoms with Crippen LogP contribution in [0.25, 0.3) is 0 Å². The number of Topliss-reactive ketones (excluding diaryl/α,β-unsaturated/α-hetero) is 1. The summed E-state index contributed by atoms with van der Waals surface area (Å²) in [6, 6.07) is 12.0. The first-order valence-corrected chi connectivity index (χ1v) is 10.2. The van der Waals surface area contributed by atoms with Crippen molar-refractivity contribution in [2.24, 2.45) is 0 Å². The summed E-state index contributed by atoms with van der Waals surface area (Å²) < 4.78 is 44.6. The van der Waals surface area contributed by atoms with Crippen LogP contribution in [0.3, 0.4) is 0 Å². The number of carbonyl (C=O) groups is 1. The third-order valence-corrected chi connectivity index (χ3v) is 4.95. The number of ketones is 1. The lowest BCUT2D eigenvalue weighted by molar-refractivity contribution is -0.137. The highest BCUT2D eigenvalue weighted by atomic mass is 19.4. The Hall–Kier alpha value is -3.62. The molecule has 166 valence electrons. The van der Waals surface area contributed by atoms with Crippen molar-refractivity contribution in [3.8, 4) is 5.75 Å². The highest BCUT2D eigenvalue weighted by Gasteiger charge is 2.30. The third kappa shape index (κ3) is 4.82. The molecular weight excluding hydrogens is 421 g/mol. The molecule has 3 aromatic rings. The second-order valence-electron chi connectivity index (χ2n) is 7.28. The number of hydrogen-bond acceptors (Lipinski definition) is 6. The Morgan fingerprint density at radius 1 is 1.00 bits per heavy atom. The quantitative estimate of drug-likeness (QED) is 0.495. The van der Waals surface area contributed by atoms with E-state index >= 15 is 0 Å². The van der Waals surface area contributed by atoms with Crippen molar-refractivity contribution in [2.75, 3.05) is 17.2 Å². The van der Waals surface area contributed by atoms with Crippen LogP contribution in [0.4, 0.5) is 36.3 Å². The molecule has 2 N–H and O–H groups in total. The van der Waals surface area contributed by atoms with Gasteiger partial charge in [0, 0.05) is 17.8 Å². The van der Waals surface area contributed by atoms with Crippen LogP contribution in [0, 0.1) is 0 Å². The lowest BCUT2D eigenvalue weighted by atomic mass is 9.95. The molecule has 4 rings (SSSR count). The molecular formula is C23H21F3N4O2. The number of alkyl halides is 3. The van der Waals surface area contributed by atoms with Gasteiger partial charge in [-0.1, -0.05) is 6.07 Å². The highest BCUT2D eigenvalue weighted by Crippen LogP contribution is 2.33. The zero-order valence-corrected chi connectivity index (χ0v) is 17.3. The summed E-state index contributed by atoms with van der Waals surface area (Å²) in [6.45, 7) is 2.44. The molecule has 0 amide bonds. The molecule has 1 aromatic heterocycles. The second-order valence-corrected chi connectivity index (χ2v) is 7.28. The highest BCUT2D eigenvalue weighted by molar-refractivity contribution is 6.03. The first-order chi connectivity index (χ1) is 15.3. The summed E-state index contributed by atoms with van der Waals surface area (Å²) in [4.78, 5) is 21.4. The molecule has 32 heavy (non-hydrogen) atoms. The molecule has 2 aromatic carbocycles. The monoisotopic (exact) mass is 442 g/mol. The van der Waals surface area contributed by atoms with Gasteiger partial charge in [0.25, 0.3) is 0 Å². The Bertz CT molecular complexity index is 1130. The molecule has 0 bridgehead atoms. The zero-order valence-electron chi connectivity index (χ0n) is 17.3. The molecule has 0 saturated heterocycles. The van der Waals surface area contributed by atoms with Crippen LogP contribution >= 0.6 is 0 Å². The number of nitrogens with one attached hydrogen (secondary N) is 2. The number of nitrogens with zero attached hydrogens (tertiary/aromatic N) is 2. The number of carbonyl (C=O) groups excluding carboxylic acids is 1. The van der Waals surface area contributed by atoms with E-state index in [9.17, 15) is 18.0 Å². The van der Waals surface area contributed by atoms with Gasteiger partial charge in [0.2, 0.25) is 5.95 Å². The maximum Gasteiger partial charge on any atom is 0.416 e. The molecule has 0 spiro atoms. The van der Waals surface area contributed by atoms with Crippen LogP contribution in [0.15, 0.2) is 48.5 Å². The number of ether oxygens (including phenoxy) is 1. The van der Waals surface area contributed by atoms with Gasteiger partial charge in [0.05, 0.1) is 23.4 Å². The number of rotatable bonds is 6. The Morgan fingerprint density at radius 2 is 1.78 bits per heavy atom. The SMILES string of the molecule is CCOc1ccc(Nc2nc(Nc3cccc(C(F)(F)F)c3)nc3c2C(=O)CCC3)cc1. The van der Waals surface area contributed by atoms with Gasteiger partial charge >= 0.3 is 6.18 Å². The van der Waals surface area contributed by atoms with Crippen molar-refractivity contribution < 1.29 is 22.7 Å². The number of hydrogen-bond donors (Lipinski definition) is 2. The van der Waals surface area contributed by atoms with Gasteiger partial charge in [0.1, 0.15) is 11.6 Å². The molecule has 0 aliphatic heterocycles. The number of anilines is 4. The van der Waals surface area contributed by atoms with Gasteiger partial charge in [-0.05, 0) is 62.2 Å². The molecule has 0 fully saturated rings. The van der Waals surface area contributed by atoms with Crippen LogP contribution in [0.1, 0.15) is 41.4 Å². The minimum absolute atomic E-state index is 0.0645. The van der Waals surface area contributed by atoms with E-state index in [1.54, 1.807) is 24.3 Å². The molecule has 0 radical (unpaired) electrons. The van der Waals surface area contributed by atoms with Crippen LogP contribution in [-0.2, 0) is 12.6 Å². The largest absolute Gasteiger partial charge is 0.494 e. The van der Waals surface area contributed by atoms with Crippen molar-refractivity contribution >= 4 is 28.9 Å². The van der Waals surface area contributed by atoms with Crippen molar-refractivity contribution in [1.82, 2.24) is 9.97 Å². The number of benzene rings is 2. The second kappa shape index (κ2) is 8.86. The van der Waals surface area contributed by atoms with Gasteiger partial charge in [-0.15, -0.1) is 0 Å². The molecule has 0 unspecified atom stereocenters. The van der Waals surface area contributed by atoms with Crippen molar-refractivity contribution in [3.05, 3.63) is 65.4 Å². The van der Waals surface area contributed by atoms with E-state index in [0.717, 1.165) is 12.1 Å². The Kier molecular flexibility index (Phi) is 5.98. The summed E-state index contributed by atoms with van der Waals surface area (Å²) >= 11 is 0. The van der Waals surface area contributed by atoms with E-state index < -0.39 is 11.7 Å². The minimum atomic E-state index is -4.46. The van der Waals surface area contributed by atoms with Crippen molar-refractivity contribution in [1.29, 1.82) is 0 Å². The Morgan fingerprint density at radius 3 is 2.50 bits per heavy atom. The van der Waals surface area contributed by atoms with E-state index in [4.69, 9.17) is 4.74 Å². The smallest absolute Gasteiger partial charge is 0.416 e. The van der Waals surface area contributed by atoms with Crippen molar-refractivity contribution in [2.45, 2.75) is 32.4 Å². The number of aromatic nitrogens is 2. The summed E-state index contributed by atoms with van der Waals surface area (Å²) in [5.41, 5.74) is 1.11. The van der Waals surface area contributed by atoms with Crippen LogP contribution in [-0.4, -0.2) is 22.4 Å². The number of aryl methyl sites for hydroxylation is 1. The summed E-state index contributed by atoms with van der Waals surface area (Å²) in [7, 11) is 0. The van der Waals surface area contributed by atoms with Gasteiger partial charge in [0.15, 0.2) is 5.78 Å². The van der Waals surface area contributed by atoms with Gasteiger partial charge in [-0.25, -0.2) is 4.98 Å². The van der Waals surface area contributed by atoms with Crippen LogP contribution in [0.5, 0.6) is 5.75 Å². The third-order valence-electron chi connectivity index (χ3n) is 4.95. The standard InChI is InChI=1S/C23H21F3N4O2/c1-2-32-17-11-9-15(10-12-17)27-21-20-18(7-4-8-19(20)31)29-22(30-21)28-16-6-3-5-14(13-16)23(24,25)26/h3,5-6,9-13H,2,4,7-8H2,1H3,(H2,27,28,29,30). The molecule has 9 heteroatoms. The predicted octanol–water partition coefficient (Wildman–Crippen LogP) is 5.90. The van der Waals surface area contributed by atoms with E-state index in [0.29, 0.717) is 54.4 Å². The first kappa shape index (κ1) is 21.6. The van der Waals surface area contributed by atoms with Crippen molar-refractivity contribution in [3.63, 3.8) is 0 Å². The summed E-state index contributed by atoms with van der Waals surface area (Å²) in [5, 5.41) is 5.99. The van der Waals surface area contributed by atoms with E-state index in [-0.39, 0.29) is 17.4 Å². The normalized spacial score (nSPS) is 13.4. The first-order valence-electron chi connectivity index (χ1n) is 10.2. The summed E-state index contributed by atoms with van der Waals surface area (Å²) in [6.07, 6.45) is -2.82. The lowest BCUT2D eigenvalue weighted by Crippen LogP contribution is -2.18. The average molecular weight is 442 g/mol. The van der Waals surface area contributed by atoms with Crippen LogP contribution in [0.2, 0.25) is 0 Å². The maximum absolute atomic E-state index is 13.0. The van der Waals surface area contributed by atoms with Crippen LogP contribution < -0.4 is 15.4 Å². The average Bonchev–Trinajstić information content (AvgIpc) is 2.75. The Balaban J connectivity index is 1.67. The van der Waals surface area contributed by atoms with Gasteiger partial charge < -0.3 is 15.4 Å². The molecule has 0 saturated carbocycles. The van der Waals surface area contributed by atoms with E-state index in [1.807, 2.05) is 6.92 Å². The molecule has 1 aliphatic rings. The lowest BCUT2D eigenvalue weighted by Gasteiger charge is -2.19. The fraction of sp³-hybridized carbons (Fsp3) is 0.261. The Labute approximate surface area is 182 Å². The molecule has 1 heterocycles. The topological polar surface area (TPSA) is 76.1 Å². The minimum Gasteiger partial charge on any atom is -0.494 e. The summed E-state index contributed by atoms with van der Waals surface area (Å²) in [5.74, 6) is 1.08.